The van der Waals surface area contributed by atoms with Gasteiger partial charge in [-0.25, -0.2) is 0 Å². The molecule has 0 saturated carbocycles. The van der Waals surface area contributed by atoms with Crippen molar-refractivity contribution in [3.05, 3.63) is 255 Å². The fraction of sp³-hybridized carbons (Fsp3) is 0.316. The first-order valence-corrected chi connectivity index (χ1v) is 42.2. The van der Waals surface area contributed by atoms with Gasteiger partial charge in [0.1, 0.15) is 40.9 Å². The first-order valence-electron chi connectivity index (χ1n) is 42.2. The number of aryl methyl sites for hydroxylation is 5. The lowest BCUT2D eigenvalue weighted by Gasteiger charge is -2.29. The summed E-state index contributed by atoms with van der Waals surface area (Å²) in [6, 6.07) is 48.2. The highest BCUT2D eigenvalue weighted by atomic mass is 16.5. The van der Waals surface area contributed by atoms with Crippen molar-refractivity contribution in [2.45, 2.75) is 137 Å². The van der Waals surface area contributed by atoms with Crippen LogP contribution < -0.4 is 41.6 Å². The Bertz CT molecular complexity index is 6160. The molecule has 8 heterocycles. The number of carbonyl (C=O) groups excluding carboxylic acids is 9. The van der Waals surface area contributed by atoms with Crippen molar-refractivity contribution in [3.63, 3.8) is 0 Å². The molecule has 16 rings (SSSR count). The van der Waals surface area contributed by atoms with Crippen LogP contribution in [0.2, 0.25) is 0 Å². The number of fused-ring (bicyclic) bond motifs is 8. The molecule has 2 fully saturated rings. The monoisotopic (exact) mass is 1710 g/mol. The van der Waals surface area contributed by atoms with E-state index in [4.69, 9.17) is 48.9 Å². The van der Waals surface area contributed by atoms with E-state index in [1.807, 2.05) is 119 Å². The van der Waals surface area contributed by atoms with Crippen LogP contribution in [0.5, 0.6) is 17.2 Å². The van der Waals surface area contributed by atoms with Crippen LogP contribution in [0.15, 0.2) is 191 Å². The molecule has 9 amide bonds. The Balaban J connectivity index is 0.000000203. The minimum atomic E-state index is -0.945. The van der Waals surface area contributed by atoms with Gasteiger partial charge in [-0.1, -0.05) is 110 Å². The van der Waals surface area contributed by atoms with Gasteiger partial charge >= 0.3 is 0 Å². The number of unbranched alkanes of at least 4 members (excludes halogenated alkanes) is 2. The SMILES string of the molecule is C.C=C1CCC(N2C(=O)c3cccc(CCCOCCCOCCCCOc4ccc5c(c4)c4c(C(N)=O)cc(-c6c(C)noc6C)cc4n5Cc4ccccc4)c3C2=O)C(=O)N1.C=C1CCC(N2C(=O)c3cccc(OCC(=O)NCCCOCCCCOc4ccc5c(c4)c4c(C(N)=O)cc(-c6c(C)noc6C)cc4n5Cc4ccccc4)c3C2=O)C(=O)N1. The second-order valence-corrected chi connectivity index (χ2v) is 31.6. The second kappa shape index (κ2) is 39.8. The van der Waals surface area contributed by atoms with Crippen LogP contribution in [-0.2, 0) is 48.1 Å². The van der Waals surface area contributed by atoms with Crippen LogP contribution in [0.4, 0.5) is 0 Å². The molecule has 8 aromatic carbocycles. The zero-order chi connectivity index (χ0) is 87.5. The number of hydrogen-bond donors (Lipinski definition) is 5. The van der Waals surface area contributed by atoms with Crippen LogP contribution in [0.3, 0.4) is 0 Å². The quantitative estimate of drug-likeness (QED) is 0.0178. The van der Waals surface area contributed by atoms with E-state index in [1.54, 1.807) is 18.2 Å². The number of nitrogens with one attached hydrogen (secondary N) is 3. The maximum atomic E-state index is 13.4. The Morgan fingerprint density at radius 1 is 0.476 bits per heavy atom. The van der Waals surface area contributed by atoms with Gasteiger partial charge in [0, 0.05) is 126 Å². The van der Waals surface area contributed by atoms with Gasteiger partial charge in [-0.05, 0) is 211 Å². The van der Waals surface area contributed by atoms with Crippen LogP contribution in [0.1, 0.15) is 180 Å². The third kappa shape index (κ3) is 19.1. The van der Waals surface area contributed by atoms with Crippen molar-refractivity contribution in [3.8, 4) is 39.5 Å². The number of allylic oxidation sites excluding steroid dienone is 2. The minimum absolute atomic E-state index is 0. The second-order valence-electron chi connectivity index (χ2n) is 31.6. The maximum absolute atomic E-state index is 13.4. The number of amides is 9. The molecule has 0 radical (unpaired) electrons. The predicted molar refractivity (Wildman–Crippen MR) is 476 cm³/mol. The first kappa shape index (κ1) is 88.5. The van der Waals surface area contributed by atoms with Crippen molar-refractivity contribution in [1.29, 1.82) is 0 Å². The Morgan fingerprint density at radius 3 is 1.39 bits per heavy atom. The van der Waals surface area contributed by atoms with Crippen molar-refractivity contribution in [2.24, 2.45) is 11.5 Å². The third-order valence-corrected chi connectivity index (χ3v) is 23.0. The van der Waals surface area contributed by atoms with Gasteiger partial charge in [0.05, 0.1) is 57.9 Å². The molecule has 7 N–H and O–H groups in total. The van der Waals surface area contributed by atoms with Crippen molar-refractivity contribution in [1.82, 2.24) is 45.2 Å². The Morgan fingerprint density at radius 2 is 0.921 bits per heavy atom. The Hall–Kier alpha value is -13.8. The Labute approximate surface area is 728 Å². The van der Waals surface area contributed by atoms with Crippen LogP contribution >= 0.6 is 0 Å². The van der Waals surface area contributed by atoms with Gasteiger partial charge in [-0.15, -0.1) is 0 Å². The zero-order valence-corrected chi connectivity index (χ0v) is 70.3. The smallest absolute Gasteiger partial charge is 0.266 e. The van der Waals surface area contributed by atoms with Gasteiger partial charge in [-0.2, -0.15) is 0 Å². The summed E-state index contributed by atoms with van der Waals surface area (Å²) < 4.78 is 50.9. The third-order valence-electron chi connectivity index (χ3n) is 23.0. The van der Waals surface area contributed by atoms with E-state index in [-0.39, 0.29) is 43.2 Å². The van der Waals surface area contributed by atoms with E-state index in [9.17, 15) is 43.2 Å². The number of ether oxygens (including phenoxy) is 6. The molecular weight excluding hydrogens is 1600 g/mol. The molecule has 0 aliphatic carbocycles. The van der Waals surface area contributed by atoms with Crippen LogP contribution in [-0.4, -0.2) is 161 Å². The summed E-state index contributed by atoms with van der Waals surface area (Å²) in [5.74, 6) is -1.51. The molecule has 12 aromatic rings. The molecule has 4 aliphatic rings. The average Bonchev–Trinajstić information content (AvgIpc) is 1.55. The fourth-order valence-electron chi connectivity index (χ4n) is 17.0. The number of piperidine rings is 2. The van der Waals surface area contributed by atoms with Gasteiger partial charge < -0.3 is 74.0 Å². The molecule has 4 aromatic heterocycles. The van der Waals surface area contributed by atoms with E-state index in [0.29, 0.717) is 168 Å². The van der Waals surface area contributed by atoms with Crippen molar-refractivity contribution < 1.29 is 80.6 Å². The summed E-state index contributed by atoms with van der Waals surface area (Å²) in [5.41, 5.74) is 26.4. The first-order chi connectivity index (χ1) is 60.6. The maximum Gasteiger partial charge on any atom is 0.266 e. The van der Waals surface area contributed by atoms with E-state index in [2.05, 4.69) is 85.0 Å². The number of imide groups is 2. The number of carbonyl (C=O) groups is 9. The molecule has 0 spiro atoms. The van der Waals surface area contributed by atoms with E-state index >= 15 is 0 Å². The number of nitrogens with zero attached hydrogens (tertiary/aromatic N) is 6. The summed E-state index contributed by atoms with van der Waals surface area (Å²) in [4.78, 5) is 119. The number of nitrogens with two attached hydrogens (primary N) is 2. The molecule has 2 atom stereocenters. The molecule has 2 unspecified atom stereocenters. The lowest BCUT2D eigenvalue weighted by molar-refractivity contribution is -0.126. The summed E-state index contributed by atoms with van der Waals surface area (Å²) in [5, 5.41) is 19.6. The number of aromatic nitrogens is 4. The van der Waals surface area contributed by atoms with E-state index in [1.165, 1.54) is 12.1 Å². The molecule has 2 saturated heterocycles. The summed E-state index contributed by atoms with van der Waals surface area (Å²) in [6.07, 6.45) is 7.35. The fourth-order valence-corrected chi connectivity index (χ4v) is 17.0. The zero-order valence-electron chi connectivity index (χ0n) is 70.3. The molecule has 126 heavy (non-hydrogen) atoms. The molecular formula is C98H103N11O17. The van der Waals surface area contributed by atoms with E-state index in [0.717, 1.165) is 136 Å². The summed E-state index contributed by atoms with van der Waals surface area (Å²) in [6.45, 7) is 20.3. The summed E-state index contributed by atoms with van der Waals surface area (Å²) in [7, 11) is 0. The molecule has 28 nitrogen and oxygen atoms in total. The molecule has 4 aliphatic heterocycles. The Kier molecular flexibility index (Phi) is 27.9. The van der Waals surface area contributed by atoms with Gasteiger partial charge in [0.15, 0.2) is 6.61 Å². The highest BCUT2D eigenvalue weighted by Gasteiger charge is 2.47. The van der Waals surface area contributed by atoms with Crippen LogP contribution in [0, 0.1) is 27.7 Å². The molecule has 0 bridgehead atoms. The van der Waals surface area contributed by atoms with Crippen molar-refractivity contribution in [2.75, 3.05) is 66.0 Å². The average molecular weight is 1710 g/mol. The molecule has 652 valence electrons. The number of hydrogen-bond acceptors (Lipinski definition) is 19. The standard InChI is InChI=1S/C49H51N5O8.C48H48N6O9.CH4/c1-30-17-19-41(47(56)51-30)54-48(57)37-16-9-14-34(44(37)49(54)58)15-10-22-60-24-11-23-59-21-7-8-25-61-36-18-20-40-38(28-36)45-39(46(50)55)26-35(43-31(2)52-62-32(43)3)27-42(45)53(40)29-33-12-5-4-6-13-33;1-28-15-17-38(46(57)51-28)54-47(58)34-13-9-14-40(44(34)48(54)59)62-27-41(55)50-19-10-21-60-20-7-8-22-61-33-16-18-37-35(25-33)43-36(45(49)56)23-32(42-29(2)52-63-30(42)3)24-39(43)53(37)26-31-11-5-4-6-12-31;/h4-6,9,12-14,16,18,20,26-28,41H,1,7-8,10-11,15,17,19,21-25,29H2,2-3H3,(H2,50,55)(H,51,56);4-6,9,11-14,16,18,23-25,38H,1,7-8,10,15,17,19-22,26-27H2,2-3H3,(H2,49,56)(H,50,55)(H,51,57);1H4. The predicted octanol–water partition coefficient (Wildman–Crippen LogP) is 14.8. The van der Waals surface area contributed by atoms with Gasteiger partial charge in [-0.3, -0.25) is 53.0 Å². The number of primary amides is 2. The largest absolute Gasteiger partial charge is 0.494 e. The minimum Gasteiger partial charge on any atom is -0.494 e. The number of benzene rings is 8. The van der Waals surface area contributed by atoms with Gasteiger partial charge in [0.25, 0.3) is 29.5 Å². The normalized spacial score (nSPS) is 15.0. The summed E-state index contributed by atoms with van der Waals surface area (Å²) >= 11 is 0. The lowest BCUT2D eigenvalue weighted by atomic mass is 9.97. The lowest BCUT2D eigenvalue weighted by Crippen LogP contribution is -2.51. The highest BCUT2D eigenvalue weighted by Crippen LogP contribution is 2.43. The van der Waals surface area contributed by atoms with Crippen molar-refractivity contribution >= 4 is 96.8 Å². The van der Waals surface area contributed by atoms with Gasteiger partial charge in [0.2, 0.25) is 23.6 Å². The van der Waals surface area contributed by atoms with Crippen LogP contribution in [0.25, 0.3) is 65.9 Å². The molecule has 28 heteroatoms. The highest BCUT2D eigenvalue weighted by molar-refractivity contribution is 6.26. The van der Waals surface area contributed by atoms with E-state index < -0.39 is 59.3 Å². The number of rotatable bonds is 37. The topological polar surface area (TPSA) is 366 Å².